The van der Waals surface area contributed by atoms with E-state index in [0.717, 1.165) is 39.6 Å². The molecular weight excluding hydrogens is 462 g/mol. The molecule has 3 rings (SSSR count). The molecule has 0 unspecified atom stereocenters. The van der Waals surface area contributed by atoms with E-state index in [1.54, 1.807) is 0 Å². The van der Waals surface area contributed by atoms with Crippen molar-refractivity contribution in [2.24, 2.45) is 0 Å². The number of hydrogen-bond acceptors (Lipinski definition) is 5. The average molecular weight is 492 g/mol. The van der Waals surface area contributed by atoms with Crippen LogP contribution in [-0.4, -0.2) is 49.3 Å². The number of hydrogen-bond donors (Lipinski definition) is 2. The molecule has 0 saturated carbocycles. The molecule has 3 N–H and O–H groups in total. The highest BCUT2D eigenvalue weighted by atomic mass is 79.9. The third-order valence-electron chi connectivity index (χ3n) is 5.23. The van der Waals surface area contributed by atoms with E-state index in [9.17, 15) is 9.90 Å². The zero-order chi connectivity index (χ0) is 22.8. The number of rotatable bonds is 8. The maximum absolute atomic E-state index is 11.6. The lowest BCUT2D eigenvalue weighted by atomic mass is 10.1. The van der Waals surface area contributed by atoms with Crippen molar-refractivity contribution in [3.05, 3.63) is 28.5 Å². The summed E-state index contributed by atoms with van der Waals surface area (Å²) in [6.45, 7) is 9.80. The average Bonchev–Trinajstić information content (AvgIpc) is 3.04. The molecule has 31 heavy (non-hydrogen) atoms. The first kappa shape index (κ1) is 23.3. The number of carboxylic acid groups (broad SMARTS) is 1. The summed E-state index contributed by atoms with van der Waals surface area (Å²) in [6, 6.07) is 5.94. The first-order valence-corrected chi connectivity index (χ1v) is 11.2. The Hall–Kier alpha value is -2.39. The van der Waals surface area contributed by atoms with Crippen LogP contribution >= 0.6 is 15.9 Å². The number of ether oxygens (including phenoxy) is 1. The molecule has 0 aliphatic carbocycles. The van der Waals surface area contributed by atoms with Crippen molar-refractivity contribution >= 4 is 49.8 Å². The van der Waals surface area contributed by atoms with Gasteiger partial charge in [0.25, 0.3) is 0 Å². The van der Waals surface area contributed by atoms with E-state index in [4.69, 9.17) is 15.5 Å². The second kappa shape index (κ2) is 9.40. The smallest absolute Gasteiger partial charge is 0.407 e. The van der Waals surface area contributed by atoms with Gasteiger partial charge in [0.15, 0.2) is 5.82 Å². The van der Waals surface area contributed by atoms with Crippen LogP contribution in [0, 0.1) is 0 Å². The van der Waals surface area contributed by atoms with Gasteiger partial charge >= 0.3 is 6.09 Å². The predicted octanol–water partition coefficient (Wildman–Crippen LogP) is 5.02. The lowest BCUT2D eigenvalue weighted by molar-refractivity contribution is 0.0987. The Balaban J connectivity index is 1.93. The zero-order valence-electron chi connectivity index (χ0n) is 18.5. The number of imidazole rings is 1. The molecule has 0 saturated heterocycles. The highest BCUT2D eigenvalue weighted by Crippen LogP contribution is 2.31. The summed E-state index contributed by atoms with van der Waals surface area (Å²) in [4.78, 5) is 22.3. The van der Waals surface area contributed by atoms with Crippen LogP contribution in [0.1, 0.15) is 46.4 Å². The first-order chi connectivity index (χ1) is 14.6. The molecule has 9 heteroatoms. The van der Waals surface area contributed by atoms with Gasteiger partial charge in [0.05, 0.1) is 11.0 Å². The number of carbonyl (C=O) groups is 1. The minimum absolute atomic E-state index is 0.381. The highest BCUT2D eigenvalue weighted by molar-refractivity contribution is 9.10. The number of halogens is 1. The minimum Gasteiger partial charge on any atom is -0.465 e. The van der Waals surface area contributed by atoms with Crippen molar-refractivity contribution < 1.29 is 14.6 Å². The molecule has 168 valence electrons. The third-order valence-corrected chi connectivity index (χ3v) is 5.73. The standard InChI is InChI=1S/C22H30BrN5O3/c1-5-31-13-17-26-18-19(15-9-8-14(23)12-16(15)25-20(18)24)27(17)10-6-7-11-28(21(29)30)22(2,3)4/h8-9,12H,5-7,10-11,13H2,1-4H3,(H2,24,25)(H,29,30). The monoisotopic (exact) mass is 491 g/mol. The fraction of sp³-hybridized carbons (Fsp3) is 0.500. The topological polar surface area (TPSA) is 107 Å². The molecule has 2 aromatic heterocycles. The molecule has 3 aromatic rings. The summed E-state index contributed by atoms with van der Waals surface area (Å²) in [5, 5.41) is 10.5. The number of nitrogens with two attached hydrogens (primary N) is 1. The van der Waals surface area contributed by atoms with Crippen molar-refractivity contribution in [1.29, 1.82) is 0 Å². The van der Waals surface area contributed by atoms with Gasteiger partial charge in [-0.15, -0.1) is 0 Å². The molecule has 0 fully saturated rings. The number of nitrogens with zero attached hydrogens (tertiary/aromatic N) is 4. The van der Waals surface area contributed by atoms with Crippen LogP contribution in [-0.2, 0) is 17.9 Å². The maximum Gasteiger partial charge on any atom is 0.407 e. The Bertz CT molecular complexity index is 1090. The molecule has 0 bridgehead atoms. The predicted molar refractivity (Wildman–Crippen MR) is 126 cm³/mol. The fourth-order valence-electron chi connectivity index (χ4n) is 3.73. The van der Waals surface area contributed by atoms with Crippen LogP contribution in [0.4, 0.5) is 10.6 Å². The fourth-order valence-corrected chi connectivity index (χ4v) is 4.08. The highest BCUT2D eigenvalue weighted by Gasteiger charge is 2.25. The number of amides is 1. The van der Waals surface area contributed by atoms with Crippen LogP contribution in [0.15, 0.2) is 22.7 Å². The molecule has 0 radical (unpaired) electrons. The largest absolute Gasteiger partial charge is 0.465 e. The molecule has 0 spiro atoms. The minimum atomic E-state index is -0.895. The van der Waals surface area contributed by atoms with Crippen molar-refractivity contribution in [2.45, 2.75) is 59.2 Å². The van der Waals surface area contributed by atoms with Crippen LogP contribution in [0.25, 0.3) is 21.9 Å². The third kappa shape index (κ3) is 5.10. The van der Waals surface area contributed by atoms with E-state index in [1.165, 1.54) is 4.90 Å². The summed E-state index contributed by atoms with van der Waals surface area (Å²) in [7, 11) is 0. The number of benzene rings is 1. The van der Waals surface area contributed by atoms with Crippen LogP contribution in [0.3, 0.4) is 0 Å². The van der Waals surface area contributed by atoms with E-state index >= 15 is 0 Å². The number of aryl methyl sites for hydroxylation is 1. The molecule has 1 amide bonds. The number of pyridine rings is 1. The number of anilines is 1. The summed E-state index contributed by atoms with van der Waals surface area (Å²) >= 11 is 3.50. The Morgan fingerprint density at radius 1 is 1.29 bits per heavy atom. The summed E-state index contributed by atoms with van der Waals surface area (Å²) in [5.74, 6) is 1.19. The molecular formula is C22H30BrN5O3. The SMILES string of the molecule is CCOCc1nc2c(N)nc3cc(Br)ccc3c2n1CCCCN(C(=O)O)C(C)(C)C. The zero-order valence-corrected chi connectivity index (χ0v) is 20.1. The van der Waals surface area contributed by atoms with Crippen molar-refractivity contribution in [3.63, 3.8) is 0 Å². The van der Waals surface area contributed by atoms with E-state index in [2.05, 4.69) is 25.5 Å². The lowest BCUT2D eigenvalue weighted by Gasteiger charge is -2.33. The van der Waals surface area contributed by atoms with Crippen LogP contribution in [0.2, 0.25) is 0 Å². The second-order valence-electron chi connectivity index (χ2n) is 8.48. The molecule has 0 aliphatic rings. The van der Waals surface area contributed by atoms with E-state index in [0.29, 0.717) is 37.6 Å². The Labute approximate surface area is 190 Å². The Kier molecular flexibility index (Phi) is 7.06. The number of unbranched alkanes of at least 4 members (excludes halogenated alkanes) is 1. The molecule has 1 aromatic carbocycles. The summed E-state index contributed by atoms with van der Waals surface area (Å²) in [5.41, 5.74) is 8.22. The van der Waals surface area contributed by atoms with Gasteiger partial charge in [0.1, 0.15) is 17.9 Å². The number of aromatic nitrogens is 3. The van der Waals surface area contributed by atoms with Crippen LogP contribution < -0.4 is 5.73 Å². The van der Waals surface area contributed by atoms with Gasteiger partial charge < -0.3 is 25.0 Å². The van der Waals surface area contributed by atoms with Crippen molar-refractivity contribution in [2.75, 3.05) is 18.9 Å². The Morgan fingerprint density at radius 3 is 2.68 bits per heavy atom. The van der Waals surface area contributed by atoms with Gasteiger partial charge in [-0.05, 0) is 58.7 Å². The van der Waals surface area contributed by atoms with E-state index in [-0.39, 0.29) is 0 Å². The quantitative estimate of drug-likeness (QED) is 0.428. The normalized spacial score (nSPS) is 12.0. The molecule has 0 atom stereocenters. The van der Waals surface area contributed by atoms with Gasteiger partial charge in [-0.1, -0.05) is 15.9 Å². The number of fused-ring (bicyclic) bond motifs is 3. The lowest BCUT2D eigenvalue weighted by Crippen LogP contribution is -2.45. The van der Waals surface area contributed by atoms with Gasteiger partial charge in [0, 0.05) is 35.1 Å². The number of nitrogen functional groups attached to an aromatic ring is 1. The summed E-state index contributed by atoms with van der Waals surface area (Å²) in [6.07, 6.45) is 0.638. The molecule has 8 nitrogen and oxygen atoms in total. The van der Waals surface area contributed by atoms with Gasteiger partial charge in [-0.2, -0.15) is 0 Å². The van der Waals surface area contributed by atoms with E-state index < -0.39 is 11.6 Å². The Morgan fingerprint density at radius 2 is 2.03 bits per heavy atom. The van der Waals surface area contributed by atoms with E-state index in [1.807, 2.05) is 45.9 Å². The second-order valence-corrected chi connectivity index (χ2v) is 9.40. The van der Waals surface area contributed by atoms with Gasteiger partial charge in [0.2, 0.25) is 0 Å². The van der Waals surface area contributed by atoms with Crippen LogP contribution in [0.5, 0.6) is 0 Å². The maximum atomic E-state index is 11.6. The molecule has 2 heterocycles. The molecule has 0 aliphatic heterocycles. The van der Waals surface area contributed by atoms with Gasteiger partial charge in [-0.3, -0.25) is 0 Å². The van der Waals surface area contributed by atoms with Crippen molar-refractivity contribution in [3.8, 4) is 0 Å². The first-order valence-electron chi connectivity index (χ1n) is 10.5. The van der Waals surface area contributed by atoms with Crippen molar-refractivity contribution in [1.82, 2.24) is 19.4 Å². The van der Waals surface area contributed by atoms with Gasteiger partial charge in [-0.25, -0.2) is 14.8 Å². The summed E-state index contributed by atoms with van der Waals surface area (Å²) < 4.78 is 8.72.